The van der Waals surface area contributed by atoms with Crippen molar-refractivity contribution in [2.75, 3.05) is 20.3 Å². The van der Waals surface area contributed by atoms with Gasteiger partial charge >= 0.3 is 0 Å². The standard InChI is InChI=1S/C22H21N5O3/c1-15-4-3-5-17(14-15)22(28)23-12-13-30-20-11-10-19-24-25-21(27(19)26-20)16-6-8-18(29-2)9-7-16/h3-11,14H,12-13H2,1-2H3,(H,23,28). The summed E-state index contributed by atoms with van der Waals surface area (Å²) in [6.45, 7) is 2.60. The van der Waals surface area contributed by atoms with E-state index in [1.54, 1.807) is 29.8 Å². The second-order valence-electron chi connectivity index (χ2n) is 6.67. The molecule has 4 aromatic rings. The van der Waals surface area contributed by atoms with E-state index in [-0.39, 0.29) is 12.5 Å². The first-order chi connectivity index (χ1) is 14.6. The van der Waals surface area contributed by atoms with Gasteiger partial charge in [0.1, 0.15) is 12.4 Å². The Morgan fingerprint density at radius 3 is 2.67 bits per heavy atom. The fraction of sp³-hybridized carbons (Fsp3) is 0.182. The molecule has 0 aliphatic carbocycles. The molecule has 30 heavy (non-hydrogen) atoms. The van der Waals surface area contributed by atoms with E-state index < -0.39 is 0 Å². The summed E-state index contributed by atoms with van der Waals surface area (Å²) in [5, 5.41) is 15.7. The Bertz CT molecular complexity index is 1170. The number of nitrogens with zero attached hydrogens (tertiary/aromatic N) is 4. The van der Waals surface area contributed by atoms with Gasteiger partial charge < -0.3 is 14.8 Å². The molecular weight excluding hydrogens is 382 g/mol. The Balaban J connectivity index is 1.40. The molecule has 8 nitrogen and oxygen atoms in total. The van der Waals surface area contributed by atoms with Crippen LogP contribution in [0.1, 0.15) is 15.9 Å². The number of nitrogens with one attached hydrogen (secondary N) is 1. The van der Waals surface area contributed by atoms with Gasteiger partial charge in [0.2, 0.25) is 5.88 Å². The van der Waals surface area contributed by atoms with Crippen LogP contribution in [0.25, 0.3) is 17.0 Å². The average Bonchev–Trinajstić information content (AvgIpc) is 3.20. The van der Waals surface area contributed by atoms with Crippen molar-refractivity contribution >= 4 is 11.6 Å². The van der Waals surface area contributed by atoms with E-state index in [0.717, 1.165) is 16.9 Å². The van der Waals surface area contributed by atoms with E-state index in [2.05, 4.69) is 20.6 Å². The zero-order valence-corrected chi connectivity index (χ0v) is 16.7. The minimum absolute atomic E-state index is 0.133. The van der Waals surface area contributed by atoms with Crippen LogP contribution >= 0.6 is 0 Å². The van der Waals surface area contributed by atoms with E-state index in [9.17, 15) is 4.79 Å². The Kier molecular flexibility index (Phi) is 5.56. The lowest BCUT2D eigenvalue weighted by molar-refractivity contribution is 0.0946. The first-order valence-corrected chi connectivity index (χ1v) is 9.48. The Labute approximate surface area is 173 Å². The van der Waals surface area contributed by atoms with Crippen LogP contribution in [0, 0.1) is 6.92 Å². The van der Waals surface area contributed by atoms with Gasteiger partial charge in [-0.25, -0.2) is 0 Å². The Morgan fingerprint density at radius 2 is 1.90 bits per heavy atom. The van der Waals surface area contributed by atoms with E-state index in [4.69, 9.17) is 9.47 Å². The fourth-order valence-electron chi connectivity index (χ4n) is 2.98. The minimum atomic E-state index is -0.133. The van der Waals surface area contributed by atoms with E-state index in [1.807, 2.05) is 49.4 Å². The zero-order valence-electron chi connectivity index (χ0n) is 16.7. The number of methoxy groups -OCH3 is 1. The quantitative estimate of drug-likeness (QED) is 0.477. The molecule has 0 spiro atoms. The Hall–Kier alpha value is -3.94. The van der Waals surface area contributed by atoms with E-state index in [0.29, 0.717) is 29.5 Å². The Morgan fingerprint density at radius 1 is 1.07 bits per heavy atom. The van der Waals surface area contributed by atoms with Crippen molar-refractivity contribution in [3.63, 3.8) is 0 Å². The molecule has 2 heterocycles. The van der Waals surface area contributed by atoms with Gasteiger partial charge in [-0.1, -0.05) is 17.7 Å². The van der Waals surface area contributed by atoms with Crippen molar-refractivity contribution in [2.24, 2.45) is 0 Å². The second-order valence-corrected chi connectivity index (χ2v) is 6.67. The first kappa shape index (κ1) is 19.4. The van der Waals surface area contributed by atoms with Crippen LogP contribution in [-0.2, 0) is 0 Å². The largest absolute Gasteiger partial charge is 0.497 e. The number of benzene rings is 2. The van der Waals surface area contributed by atoms with Gasteiger partial charge in [0.05, 0.1) is 13.7 Å². The summed E-state index contributed by atoms with van der Waals surface area (Å²) < 4.78 is 12.5. The summed E-state index contributed by atoms with van der Waals surface area (Å²) in [6, 6.07) is 18.5. The smallest absolute Gasteiger partial charge is 0.251 e. The van der Waals surface area contributed by atoms with Crippen LogP contribution in [0.4, 0.5) is 0 Å². The summed E-state index contributed by atoms with van der Waals surface area (Å²) in [5.41, 5.74) is 3.14. The first-order valence-electron chi connectivity index (χ1n) is 9.48. The molecule has 0 radical (unpaired) electrons. The molecule has 2 aromatic heterocycles. The molecule has 4 rings (SSSR count). The van der Waals surface area contributed by atoms with Gasteiger partial charge in [-0.3, -0.25) is 4.79 Å². The molecule has 0 saturated carbocycles. The number of fused-ring (bicyclic) bond motifs is 1. The third-order valence-electron chi connectivity index (χ3n) is 4.50. The summed E-state index contributed by atoms with van der Waals surface area (Å²) in [6.07, 6.45) is 0. The van der Waals surface area contributed by atoms with Gasteiger partial charge in [-0.15, -0.1) is 15.3 Å². The lowest BCUT2D eigenvalue weighted by Crippen LogP contribution is -2.28. The molecule has 8 heteroatoms. The van der Waals surface area contributed by atoms with Gasteiger partial charge in [-0.05, 0) is 49.4 Å². The highest BCUT2D eigenvalue weighted by molar-refractivity contribution is 5.94. The third-order valence-corrected chi connectivity index (χ3v) is 4.50. The van der Waals surface area contributed by atoms with Crippen LogP contribution in [0.3, 0.4) is 0 Å². The monoisotopic (exact) mass is 403 g/mol. The number of hydrogen-bond donors (Lipinski definition) is 1. The van der Waals surface area contributed by atoms with Crippen molar-refractivity contribution in [1.29, 1.82) is 0 Å². The van der Waals surface area contributed by atoms with Crippen LogP contribution in [-0.4, -0.2) is 46.0 Å². The summed E-state index contributed by atoms with van der Waals surface area (Å²) in [7, 11) is 1.62. The molecule has 0 aliphatic rings. The number of carbonyl (C=O) groups is 1. The molecule has 0 fully saturated rings. The zero-order chi connectivity index (χ0) is 20.9. The number of amides is 1. The van der Waals surface area contributed by atoms with E-state index >= 15 is 0 Å². The normalized spacial score (nSPS) is 10.7. The lowest BCUT2D eigenvalue weighted by atomic mass is 10.1. The summed E-state index contributed by atoms with van der Waals surface area (Å²) >= 11 is 0. The van der Waals surface area contributed by atoms with Crippen molar-refractivity contribution in [2.45, 2.75) is 6.92 Å². The molecule has 0 atom stereocenters. The van der Waals surface area contributed by atoms with Crippen molar-refractivity contribution < 1.29 is 14.3 Å². The fourth-order valence-corrected chi connectivity index (χ4v) is 2.98. The maximum atomic E-state index is 12.2. The summed E-state index contributed by atoms with van der Waals surface area (Å²) in [4.78, 5) is 12.2. The van der Waals surface area contributed by atoms with Gasteiger partial charge in [0.15, 0.2) is 11.5 Å². The maximum absolute atomic E-state index is 12.2. The predicted molar refractivity (Wildman–Crippen MR) is 112 cm³/mol. The summed E-state index contributed by atoms with van der Waals surface area (Å²) in [5.74, 6) is 1.65. The SMILES string of the molecule is COc1ccc(-c2nnc3ccc(OCCNC(=O)c4cccc(C)c4)nn23)cc1. The number of ether oxygens (including phenoxy) is 2. The molecule has 0 aliphatic heterocycles. The number of rotatable bonds is 7. The number of aryl methyl sites for hydroxylation is 1. The molecular formula is C22H21N5O3. The molecule has 2 aromatic carbocycles. The molecule has 0 unspecified atom stereocenters. The van der Waals surface area contributed by atoms with Gasteiger partial charge in [0, 0.05) is 17.2 Å². The topological polar surface area (TPSA) is 90.6 Å². The van der Waals surface area contributed by atoms with Crippen molar-refractivity contribution in [1.82, 2.24) is 25.1 Å². The maximum Gasteiger partial charge on any atom is 0.251 e. The van der Waals surface area contributed by atoms with Gasteiger partial charge in [0.25, 0.3) is 5.91 Å². The molecule has 1 N–H and O–H groups in total. The van der Waals surface area contributed by atoms with Crippen LogP contribution in [0.15, 0.2) is 60.7 Å². The highest BCUT2D eigenvalue weighted by Gasteiger charge is 2.11. The predicted octanol–water partition coefficient (Wildman–Crippen LogP) is 2.92. The lowest BCUT2D eigenvalue weighted by Gasteiger charge is -2.08. The van der Waals surface area contributed by atoms with Crippen molar-refractivity contribution in [3.05, 3.63) is 71.8 Å². The van der Waals surface area contributed by atoms with Crippen LogP contribution in [0.2, 0.25) is 0 Å². The molecule has 1 amide bonds. The second kappa shape index (κ2) is 8.60. The molecule has 152 valence electrons. The van der Waals surface area contributed by atoms with E-state index in [1.165, 1.54) is 0 Å². The third kappa shape index (κ3) is 4.22. The van der Waals surface area contributed by atoms with Crippen LogP contribution in [0.5, 0.6) is 11.6 Å². The van der Waals surface area contributed by atoms with Gasteiger partial charge in [-0.2, -0.15) is 4.52 Å². The highest BCUT2D eigenvalue weighted by atomic mass is 16.5. The number of aromatic nitrogens is 4. The van der Waals surface area contributed by atoms with Crippen molar-refractivity contribution in [3.8, 4) is 23.0 Å². The molecule has 0 saturated heterocycles. The molecule has 0 bridgehead atoms. The number of hydrogen-bond acceptors (Lipinski definition) is 6. The highest BCUT2D eigenvalue weighted by Crippen LogP contribution is 2.21. The number of carbonyl (C=O) groups excluding carboxylic acids is 1. The van der Waals surface area contributed by atoms with Crippen LogP contribution < -0.4 is 14.8 Å². The minimum Gasteiger partial charge on any atom is -0.497 e. The average molecular weight is 403 g/mol.